The Morgan fingerprint density at radius 2 is 1.87 bits per heavy atom. The van der Waals surface area contributed by atoms with Gasteiger partial charge in [-0.05, 0) is 17.7 Å². The first-order valence-corrected chi connectivity index (χ1v) is 9.86. The molecule has 4 rings (SSSR count). The van der Waals surface area contributed by atoms with E-state index in [2.05, 4.69) is 5.10 Å². The molecule has 0 spiro atoms. The molecule has 1 unspecified atom stereocenters. The van der Waals surface area contributed by atoms with Gasteiger partial charge >= 0.3 is 0 Å². The van der Waals surface area contributed by atoms with E-state index in [1.807, 2.05) is 41.2 Å². The Balaban J connectivity index is 1.37. The van der Waals surface area contributed by atoms with Crippen molar-refractivity contribution in [1.82, 2.24) is 14.7 Å². The Hall–Kier alpha value is -3.48. The van der Waals surface area contributed by atoms with Gasteiger partial charge < -0.3 is 9.80 Å². The zero-order chi connectivity index (χ0) is 21.1. The molecule has 1 aromatic heterocycles. The number of benzene rings is 2. The van der Waals surface area contributed by atoms with Gasteiger partial charge in [-0.2, -0.15) is 5.10 Å². The van der Waals surface area contributed by atoms with Gasteiger partial charge in [-0.1, -0.05) is 42.5 Å². The monoisotopic (exact) mass is 406 g/mol. The molecule has 6 nitrogen and oxygen atoms in total. The summed E-state index contributed by atoms with van der Waals surface area (Å²) in [6.45, 7) is 1.25. The van der Waals surface area contributed by atoms with E-state index in [0.29, 0.717) is 13.1 Å². The minimum absolute atomic E-state index is 0.0881. The van der Waals surface area contributed by atoms with E-state index in [-0.39, 0.29) is 30.5 Å². The third-order valence-corrected chi connectivity index (χ3v) is 5.29. The fourth-order valence-corrected chi connectivity index (χ4v) is 3.78. The molecule has 1 saturated heterocycles. The van der Waals surface area contributed by atoms with Gasteiger partial charge in [0.2, 0.25) is 11.8 Å². The number of carbonyl (C=O) groups is 2. The van der Waals surface area contributed by atoms with Crippen LogP contribution in [-0.2, 0) is 22.7 Å². The molecule has 154 valence electrons. The van der Waals surface area contributed by atoms with Gasteiger partial charge in [-0.3, -0.25) is 14.3 Å². The van der Waals surface area contributed by atoms with E-state index >= 15 is 0 Å². The van der Waals surface area contributed by atoms with E-state index < -0.39 is 11.7 Å². The molecule has 2 heterocycles. The second kappa shape index (κ2) is 8.49. The van der Waals surface area contributed by atoms with Gasteiger partial charge in [0, 0.05) is 38.3 Å². The molecule has 7 heteroatoms. The van der Waals surface area contributed by atoms with Crippen molar-refractivity contribution in [3.05, 3.63) is 83.9 Å². The Labute approximate surface area is 174 Å². The molecule has 0 radical (unpaired) electrons. The van der Waals surface area contributed by atoms with Crippen LogP contribution in [0.15, 0.2) is 67.0 Å². The Morgan fingerprint density at radius 3 is 2.63 bits per heavy atom. The maximum atomic E-state index is 14.0. The van der Waals surface area contributed by atoms with Crippen LogP contribution >= 0.6 is 0 Å². The van der Waals surface area contributed by atoms with Gasteiger partial charge in [0.15, 0.2) is 0 Å². The second-order valence-corrected chi connectivity index (χ2v) is 7.58. The molecule has 1 aliphatic heterocycles. The first-order valence-electron chi connectivity index (χ1n) is 9.86. The molecule has 2 amide bonds. The van der Waals surface area contributed by atoms with Crippen LogP contribution in [0.4, 0.5) is 10.1 Å². The molecule has 1 atom stereocenters. The van der Waals surface area contributed by atoms with Crippen molar-refractivity contribution in [3.63, 3.8) is 0 Å². The number of para-hydroxylation sites is 1. The highest BCUT2D eigenvalue weighted by molar-refractivity contribution is 6.00. The normalized spacial score (nSPS) is 16.1. The van der Waals surface area contributed by atoms with Crippen molar-refractivity contribution < 1.29 is 14.0 Å². The van der Waals surface area contributed by atoms with E-state index in [9.17, 15) is 14.0 Å². The molecule has 0 aliphatic carbocycles. The van der Waals surface area contributed by atoms with Crippen LogP contribution in [0.25, 0.3) is 0 Å². The van der Waals surface area contributed by atoms with Crippen LogP contribution in [-0.4, -0.2) is 40.1 Å². The zero-order valence-corrected chi connectivity index (χ0v) is 16.7. The maximum Gasteiger partial charge on any atom is 0.228 e. The predicted octanol–water partition coefficient (Wildman–Crippen LogP) is 3.08. The van der Waals surface area contributed by atoms with Crippen LogP contribution in [0.3, 0.4) is 0 Å². The first kappa shape index (κ1) is 19.8. The van der Waals surface area contributed by atoms with E-state index in [0.717, 1.165) is 11.1 Å². The number of anilines is 1. The van der Waals surface area contributed by atoms with Crippen molar-refractivity contribution in [3.8, 4) is 0 Å². The zero-order valence-electron chi connectivity index (χ0n) is 16.7. The van der Waals surface area contributed by atoms with Crippen LogP contribution < -0.4 is 4.90 Å². The van der Waals surface area contributed by atoms with Crippen molar-refractivity contribution in [2.75, 3.05) is 18.5 Å². The molecule has 30 heavy (non-hydrogen) atoms. The van der Waals surface area contributed by atoms with E-state index in [1.165, 1.54) is 11.0 Å². The van der Waals surface area contributed by atoms with Gasteiger partial charge in [0.05, 0.1) is 24.3 Å². The van der Waals surface area contributed by atoms with Gasteiger partial charge in [-0.25, -0.2) is 4.39 Å². The summed E-state index contributed by atoms with van der Waals surface area (Å²) < 4.78 is 15.9. The van der Waals surface area contributed by atoms with Crippen LogP contribution in [0.5, 0.6) is 0 Å². The number of hydrogen-bond donors (Lipinski definition) is 0. The molecule has 0 bridgehead atoms. The van der Waals surface area contributed by atoms with E-state index in [1.54, 1.807) is 36.3 Å². The summed E-state index contributed by atoms with van der Waals surface area (Å²) in [5.41, 5.74) is 2.29. The SMILES string of the molecule is CN(Cc1cnn(Cc2ccccc2)c1)C(=O)C1CC(=O)N(c2ccccc2F)C1. The number of hydrogen-bond acceptors (Lipinski definition) is 3. The van der Waals surface area contributed by atoms with Gasteiger partial charge in [0.1, 0.15) is 5.82 Å². The summed E-state index contributed by atoms with van der Waals surface area (Å²) >= 11 is 0. The number of aromatic nitrogens is 2. The van der Waals surface area contributed by atoms with Crippen molar-refractivity contribution in [2.24, 2.45) is 5.92 Å². The van der Waals surface area contributed by atoms with Crippen LogP contribution in [0.1, 0.15) is 17.5 Å². The standard InChI is InChI=1S/C23H23FN4O2/c1-26(13-18-12-25-27(15-18)14-17-7-3-2-4-8-17)23(30)19-11-22(29)28(16-19)21-10-6-5-9-20(21)24/h2-10,12,15,19H,11,13-14,16H2,1H3. The number of halogens is 1. The lowest BCUT2D eigenvalue weighted by molar-refractivity contribution is -0.135. The summed E-state index contributed by atoms with van der Waals surface area (Å²) in [5, 5.41) is 4.37. The predicted molar refractivity (Wildman–Crippen MR) is 111 cm³/mol. The Kier molecular flexibility index (Phi) is 5.61. The summed E-state index contributed by atoms with van der Waals surface area (Å²) in [6.07, 6.45) is 3.76. The minimum Gasteiger partial charge on any atom is -0.341 e. The Bertz CT molecular complexity index is 1050. The number of nitrogens with zero attached hydrogens (tertiary/aromatic N) is 4. The third kappa shape index (κ3) is 4.25. The third-order valence-electron chi connectivity index (χ3n) is 5.29. The van der Waals surface area contributed by atoms with Gasteiger partial charge in [0.25, 0.3) is 0 Å². The molecular weight excluding hydrogens is 383 g/mol. The Morgan fingerprint density at radius 1 is 1.13 bits per heavy atom. The van der Waals surface area contributed by atoms with Crippen molar-refractivity contribution >= 4 is 17.5 Å². The van der Waals surface area contributed by atoms with Crippen molar-refractivity contribution in [2.45, 2.75) is 19.5 Å². The largest absolute Gasteiger partial charge is 0.341 e. The minimum atomic E-state index is -0.485. The second-order valence-electron chi connectivity index (χ2n) is 7.58. The van der Waals surface area contributed by atoms with E-state index in [4.69, 9.17) is 0 Å². The molecule has 0 N–H and O–H groups in total. The first-order chi connectivity index (χ1) is 14.5. The number of rotatable bonds is 6. The molecule has 0 saturated carbocycles. The highest BCUT2D eigenvalue weighted by atomic mass is 19.1. The summed E-state index contributed by atoms with van der Waals surface area (Å²) in [6, 6.07) is 16.2. The lowest BCUT2D eigenvalue weighted by atomic mass is 10.1. The van der Waals surface area contributed by atoms with Gasteiger partial charge in [-0.15, -0.1) is 0 Å². The summed E-state index contributed by atoms with van der Waals surface area (Å²) in [5.74, 6) is -1.31. The quantitative estimate of drug-likeness (QED) is 0.632. The summed E-state index contributed by atoms with van der Waals surface area (Å²) in [7, 11) is 1.72. The van der Waals surface area contributed by atoms with Crippen molar-refractivity contribution in [1.29, 1.82) is 0 Å². The molecule has 1 fully saturated rings. The van der Waals surface area contributed by atoms with Crippen LogP contribution in [0.2, 0.25) is 0 Å². The molecule has 2 aromatic carbocycles. The maximum absolute atomic E-state index is 14.0. The average Bonchev–Trinajstić information content (AvgIpc) is 3.35. The summed E-state index contributed by atoms with van der Waals surface area (Å²) in [4.78, 5) is 28.2. The fourth-order valence-electron chi connectivity index (χ4n) is 3.78. The fraction of sp³-hybridized carbons (Fsp3) is 0.261. The van der Waals surface area contributed by atoms with Crippen LogP contribution in [0, 0.1) is 11.7 Å². The lowest BCUT2D eigenvalue weighted by Gasteiger charge is -2.21. The topological polar surface area (TPSA) is 58.4 Å². The molecular formula is C23H23FN4O2. The number of amides is 2. The highest BCUT2D eigenvalue weighted by Crippen LogP contribution is 2.28. The average molecular weight is 406 g/mol. The lowest BCUT2D eigenvalue weighted by Crippen LogP contribution is -2.34. The number of carbonyl (C=O) groups excluding carboxylic acids is 2. The molecule has 3 aromatic rings. The molecule has 1 aliphatic rings. The highest BCUT2D eigenvalue weighted by Gasteiger charge is 2.37. The smallest absolute Gasteiger partial charge is 0.228 e.